The van der Waals surface area contributed by atoms with Gasteiger partial charge in [0.05, 0.1) is 6.61 Å². The number of unbranched alkanes of at least 4 members (excludes halogenated alkanes) is 6. The summed E-state index contributed by atoms with van der Waals surface area (Å²) < 4.78 is 5.19. The molecule has 2 rings (SSSR count). The number of carbonyl (C=O) groups is 2. The number of hydrogen-bond acceptors (Lipinski definition) is 3. The van der Waals surface area contributed by atoms with Crippen LogP contribution in [0.2, 0.25) is 0 Å². The fourth-order valence-corrected chi connectivity index (χ4v) is 3.53. The minimum atomic E-state index is -0.436. The van der Waals surface area contributed by atoms with Crippen LogP contribution in [0.1, 0.15) is 89.4 Å². The van der Waals surface area contributed by atoms with Crippen molar-refractivity contribution in [1.29, 1.82) is 0 Å². The summed E-state index contributed by atoms with van der Waals surface area (Å²) in [7, 11) is 0. The second kappa shape index (κ2) is 19.4. The summed E-state index contributed by atoms with van der Waals surface area (Å²) in [6.45, 7) is 12.5. The zero-order valence-corrected chi connectivity index (χ0v) is 22.0. The van der Waals surface area contributed by atoms with Gasteiger partial charge in [-0.3, -0.25) is 9.59 Å². The van der Waals surface area contributed by atoms with E-state index in [-0.39, 0.29) is 31.1 Å². The third-order valence-electron chi connectivity index (χ3n) is 5.04. The van der Waals surface area contributed by atoms with E-state index < -0.39 is 5.97 Å². The quantitative estimate of drug-likeness (QED) is 0.0992. The molecule has 0 heterocycles. The van der Waals surface area contributed by atoms with Crippen molar-refractivity contribution in [2.45, 2.75) is 91.1 Å². The molecule has 0 aliphatic carbocycles. The first-order valence-corrected chi connectivity index (χ1v) is 12.3. The number of carbonyl (C=O) groups excluding carboxylic acids is 2. The first-order valence-electron chi connectivity index (χ1n) is 12.3. The Labute approximate surface area is 219 Å². The predicted molar refractivity (Wildman–Crippen MR) is 140 cm³/mol. The van der Waals surface area contributed by atoms with Gasteiger partial charge in [0.25, 0.3) is 0 Å². The minimum absolute atomic E-state index is 0. The number of esters is 1. The van der Waals surface area contributed by atoms with E-state index in [9.17, 15) is 9.59 Å². The van der Waals surface area contributed by atoms with E-state index in [1.807, 2.05) is 42.5 Å². The molecule has 0 N–H and O–H groups in total. The van der Waals surface area contributed by atoms with Crippen molar-refractivity contribution in [2.24, 2.45) is 0 Å². The Bertz CT molecular complexity index is 842. The van der Waals surface area contributed by atoms with Crippen LogP contribution < -0.4 is 18.9 Å². The van der Waals surface area contributed by atoms with Crippen LogP contribution >= 0.6 is 0 Å². The van der Waals surface area contributed by atoms with Gasteiger partial charge in [-0.05, 0) is 36.1 Å². The average molecular weight is 460 g/mol. The van der Waals surface area contributed by atoms with Crippen molar-refractivity contribution in [3.63, 3.8) is 0 Å². The van der Waals surface area contributed by atoms with Gasteiger partial charge in [0.15, 0.2) is 5.78 Å². The van der Waals surface area contributed by atoms with E-state index in [2.05, 4.69) is 39.6 Å². The molecular weight excluding hydrogens is 417 g/mol. The molecule has 2 aromatic rings. The number of benzene rings is 2. The van der Waals surface area contributed by atoms with Gasteiger partial charge in [0.1, 0.15) is 6.42 Å². The molecule has 4 nitrogen and oxygen atoms in total. The second-order valence-electron chi connectivity index (χ2n) is 8.92. The molecule has 0 saturated carbocycles. The Morgan fingerprint density at radius 1 is 0.882 bits per heavy atom. The number of ether oxygens (including phenoxy) is 1. The molecule has 0 aromatic heterocycles. The van der Waals surface area contributed by atoms with Gasteiger partial charge in [0, 0.05) is 5.56 Å². The fraction of sp³-hybridized carbons (Fsp3) is 0.517. The normalized spacial score (nSPS) is 10.4. The summed E-state index contributed by atoms with van der Waals surface area (Å²) in [5.41, 5.74) is 0.556. The molecule has 0 atom stereocenters. The van der Waals surface area contributed by atoms with Crippen molar-refractivity contribution in [2.75, 3.05) is 6.61 Å². The van der Waals surface area contributed by atoms with Gasteiger partial charge in [-0.1, -0.05) is 95.9 Å². The number of allylic oxidation sites excluding steroid dienone is 1. The van der Waals surface area contributed by atoms with Gasteiger partial charge >= 0.3 is 24.8 Å². The number of ketones is 1. The van der Waals surface area contributed by atoms with Crippen LogP contribution in [0.3, 0.4) is 0 Å². The Hall–Kier alpha value is -1.86. The summed E-state index contributed by atoms with van der Waals surface area (Å²) in [6, 6.07) is 14.4. The van der Waals surface area contributed by atoms with Gasteiger partial charge in [-0.25, -0.2) is 0 Å². The smallest absolute Gasteiger partial charge is 0.658 e. The minimum Gasteiger partial charge on any atom is -0.658 e. The Balaban J connectivity index is 0.00000119. The topological polar surface area (TPSA) is 57.5 Å². The third kappa shape index (κ3) is 15.1. The second-order valence-corrected chi connectivity index (χ2v) is 8.92. The van der Waals surface area contributed by atoms with Crippen LogP contribution in [-0.2, 0) is 9.53 Å². The van der Waals surface area contributed by atoms with Crippen LogP contribution in [0.15, 0.2) is 55.1 Å². The molecule has 34 heavy (non-hydrogen) atoms. The first kappa shape index (κ1) is 32.1. The maximum absolute atomic E-state index is 12.3. The third-order valence-corrected chi connectivity index (χ3v) is 5.04. The summed E-state index contributed by atoms with van der Waals surface area (Å²) in [6.07, 6.45) is 9.56. The van der Waals surface area contributed by atoms with E-state index in [0.29, 0.717) is 24.3 Å². The van der Waals surface area contributed by atoms with E-state index >= 15 is 0 Å². The van der Waals surface area contributed by atoms with E-state index in [0.717, 1.165) is 36.5 Å². The SMILES string of the molecule is C=CCCCCCCCCOC(=O)CC(=O)c1ccc2ccccc2c1.CC(C)[N-]C(C)C.[Li+]. The van der Waals surface area contributed by atoms with Crippen LogP contribution in [0.25, 0.3) is 16.1 Å². The molecule has 0 unspecified atom stereocenters. The predicted octanol–water partition coefficient (Wildman–Crippen LogP) is 5.05. The first-order chi connectivity index (χ1) is 15.8. The van der Waals surface area contributed by atoms with Crippen LogP contribution in [-0.4, -0.2) is 30.4 Å². The molecular formula is C29H42LiNO3. The van der Waals surface area contributed by atoms with Gasteiger partial charge in [-0.2, -0.15) is 0 Å². The van der Waals surface area contributed by atoms with E-state index in [4.69, 9.17) is 4.74 Å². The summed E-state index contributed by atoms with van der Waals surface area (Å²) in [5.74, 6) is -0.628. The number of nitrogens with zero attached hydrogens (tertiary/aromatic N) is 1. The largest absolute Gasteiger partial charge is 1.00 e. The van der Waals surface area contributed by atoms with Crippen molar-refractivity contribution in [3.05, 3.63) is 66.0 Å². The molecule has 0 aliphatic rings. The van der Waals surface area contributed by atoms with E-state index in [1.54, 1.807) is 6.07 Å². The molecule has 0 fully saturated rings. The number of rotatable bonds is 14. The number of Topliss-reactive ketones (excluding diaryl/α,β-unsaturated/α-hetero) is 1. The molecule has 2 aromatic carbocycles. The summed E-state index contributed by atoms with van der Waals surface area (Å²) in [4.78, 5) is 24.1. The van der Waals surface area contributed by atoms with Crippen LogP contribution in [0, 0.1) is 0 Å². The maximum atomic E-state index is 12.3. The molecule has 0 amide bonds. The van der Waals surface area contributed by atoms with Crippen molar-refractivity contribution < 1.29 is 33.2 Å². The van der Waals surface area contributed by atoms with Crippen molar-refractivity contribution >= 4 is 22.5 Å². The standard InChI is InChI=1S/C23H28O3.C6H14N.Li/c1-2-3-4-5-6-7-8-11-16-26-23(25)18-22(24)21-15-14-19-12-9-10-13-20(19)17-21;1-5(2)7-6(3)4;/h2,9-10,12-15,17H,1,3-8,11,16,18H2;5-6H,1-4H3;/q;-1;+1. The Morgan fingerprint density at radius 2 is 1.47 bits per heavy atom. The zero-order chi connectivity index (χ0) is 24.5. The monoisotopic (exact) mass is 459 g/mol. The van der Waals surface area contributed by atoms with Crippen LogP contribution in [0.5, 0.6) is 0 Å². The van der Waals surface area contributed by atoms with Crippen LogP contribution in [0.4, 0.5) is 0 Å². The van der Waals surface area contributed by atoms with Crippen molar-refractivity contribution in [1.82, 2.24) is 0 Å². The molecule has 0 aliphatic heterocycles. The average Bonchev–Trinajstić information content (AvgIpc) is 2.77. The Morgan fingerprint density at radius 3 is 2.06 bits per heavy atom. The van der Waals surface area contributed by atoms with Gasteiger partial charge in [-0.15, -0.1) is 18.7 Å². The van der Waals surface area contributed by atoms with Gasteiger partial charge in [0.2, 0.25) is 0 Å². The fourth-order valence-electron chi connectivity index (χ4n) is 3.53. The number of hydrogen-bond donors (Lipinski definition) is 0. The number of fused-ring (bicyclic) bond motifs is 1. The molecule has 5 heteroatoms. The van der Waals surface area contributed by atoms with Crippen molar-refractivity contribution in [3.8, 4) is 0 Å². The maximum Gasteiger partial charge on any atom is 1.00 e. The molecule has 182 valence electrons. The summed E-state index contributed by atoms with van der Waals surface area (Å²) in [5, 5.41) is 6.36. The van der Waals surface area contributed by atoms with Gasteiger partial charge < -0.3 is 10.1 Å². The molecule has 0 saturated heterocycles. The molecule has 0 spiro atoms. The molecule has 0 bridgehead atoms. The van der Waals surface area contributed by atoms with E-state index in [1.165, 1.54) is 19.3 Å². The molecule has 0 radical (unpaired) electrons. The summed E-state index contributed by atoms with van der Waals surface area (Å²) >= 11 is 0. The zero-order valence-electron chi connectivity index (χ0n) is 22.0. The Kier molecular flexibility index (Phi) is 18.4.